The van der Waals surface area contributed by atoms with Gasteiger partial charge >= 0.3 is 12.1 Å². The van der Waals surface area contributed by atoms with Crippen molar-refractivity contribution in [2.75, 3.05) is 18.0 Å². The Balaban J connectivity index is 2.85. The lowest BCUT2D eigenvalue weighted by molar-refractivity contribution is -0.138. The van der Waals surface area contributed by atoms with Crippen LogP contribution < -0.4 is 4.90 Å². The second-order valence-electron chi connectivity index (χ2n) is 3.81. The van der Waals surface area contributed by atoms with Gasteiger partial charge in [0, 0.05) is 12.2 Å². The Hall–Kier alpha value is -2.16. The van der Waals surface area contributed by atoms with Crippen molar-refractivity contribution in [1.82, 2.24) is 0 Å². The van der Waals surface area contributed by atoms with Crippen LogP contribution in [-0.4, -0.2) is 24.2 Å². The monoisotopic (exact) mass is 271 g/mol. The van der Waals surface area contributed by atoms with Crippen molar-refractivity contribution in [1.29, 1.82) is 0 Å². The number of anilines is 1. The van der Waals surface area contributed by atoms with Gasteiger partial charge in [0.05, 0.1) is 18.5 Å². The number of hydrogen-bond acceptors (Lipinski definition) is 2. The summed E-state index contributed by atoms with van der Waals surface area (Å²) in [5, 5.41) is 8.60. The summed E-state index contributed by atoms with van der Waals surface area (Å²) < 4.78 is 37.2. The van der Waals surface area contributed by atoms with Crippen LogP contribution in [0.25, 0.3) is 0 Å². The standard InChI is InChI=1S/C13H12F3NO2/c1-2-8-17(9-7-12(18)19)11-5-3-10(4-6-11)13(14,15)16/h1,3-6H,7-9H2,(H,18,19). The summed E-state index contributed by atoms with van der Waals surface area (Å²) in [5.74, 6) is 1.35. The van der Waals surface area contributed by atoms with Crippen LogP contribution in [0.5, 0.6) is 0 Å². The van der Waals surface area contributed by atoms with Crippen molar-refractivity contribution in [3.8, 4) is 12.3 Å². The molecule has 1 N–H and O–H groups in total. The normalized spacial score (nSPS) is 10.8. The molecule has 0 unspecified atom stereocenters. The number of aliphatic carboxylic acids is 1. The number of benzene rings is 1. The average molecular weight is 271 g/mol. The highest BCUT2D eigenvalue weighted by molar-refractivity contribution is 5.67. The first-order chi connectivity index (χ1) is 8.84. The summed E-state index contributed by atoms with van der Waals surface area (Å²) >= 11 is 0. The van der Waals surface area contributed by atoms with Crippen molar-refractivity contribution in [3.63, 3.8) is 0 Å². The molecule has 6 heteroatoms. The van der Waals surface area contributed by atoms with E-state index in [0.717, 1.165) is 12.1 Å². The van der Waals surface area contributed by atoms with Gasteiger partial charge in [-0.1, -0.05) is 5.92 Å². The van der Waals surface area contributed by atoms with Crippen LogP contribution in [0.15, 0.2) is 24.3 Å². The molecule has 0 radical (unpaired) electrons. The van der Waals surface area contributed by atoms with Gasteiger partial charge in [-0.3, -0.25) is 4.79 Å². The molecule has 0 atom stereocenters. The predicted octanol–water partition coefficient (Wildman–Crippen LogP) is 2.62. The Bertz CT molecular complexity index is 474. The molecule has 1 aromatic carbocycles. The molecule has 0 spiro atoms. The smallest absolute Gasteiger partial charge is 0.416 e. The molecule has 1 rings (SSSR count). The van der Waals surface area contributed by atoms with Crippen LogP contribution in [0.1, 0.15) is 12.0 Å². The fourth-order valence-electron chi connectivity index (χ4n) is 1.50. The molecule has 0 aliphatic rings. The Morgan fingerprint density at radius 2 is 1.89 bits per heavy atom. The minimum absolute atomic E-state index is 0.136. The maximum atomic E-state index is 12.4. The highest BCUT2D eigenvalue weighted by Crippen LogP contribution is 2.30. The van der Waals surface area contributed by atoms with E-state index in [2.05, 4.69) is 5.92 Å². The van der Waals surface area contributed by atoms with Gasteiger partial charge in [0.25, 0.3) is 0 Å². The molecular weight excluding hydrogens is 259 g/mol. The first-order valence-corrected chi connectivity index (χ1v) is 5.42. The molecule has 0 amide bonds. The van der Waals surface area contributed by atoms with Gasteiger partial charge in [0.2, 0.25) is 0 Å². The molecule has 3 nitrogen and oxygen atoms in total. The zero-order valence-corrected chi connectivity index (χ0v) is 9.94. The van der Waals surface area contributed by atoms with Crippen molar-refractivity contribution >= 4 is 11.7 Å². The number of carboxylic acids is 1. The Morgan fingerprint density at radius 3 is 2.32 bits per heavy atom. The average Bonchev–Trinajstić information content (AvgIpc) is 2.33. The van der Waals surface area contributed by atoms with Gasteiger partial charge in [-0.2, -0.15) is 13.2 Å². The molecule has 19 heavy (non-hydrogen) atoms. The number of hydrogen-bond donors (Lipinski definition) is 1. The van der Waals surface area contributed by atoms with E-state index in [4.69, 9.17) is 11.5 Å². The van der Waals surface area contributed by atoms with Crippen LogP contribution in [0.3, 0.4) is 0 Å². The molecule has 0 saturated carbocycles. The molecule has 0 aromatic heterocycles. The van der Waals surface area contributed by atoms with Crippen LogP contribution in [0.4, 0.5) is 18.9 Å². The summed E-state index contributed by atoms with van der Waals surface area (Å²) in [4.78, 5) is 12.0. The van der Waals surface area contributed by atoms with E-state index in [1.165, 1.54) is 17.0 Å². The van der Waals surface area contributed by atoms with Crippen LogP contribution in [0.2, 0.25) is 0 Å². The molecule has 0 aliphatic carbocycles. The molecular formula is C13H12F3NO2. The molecule has 0 bridgehead atoms. The summed E-state index contributed by atoms with van der Waals surface area (Å²) in [5.41, 5.74) is -0.289. The third-order valence-corrected chi connectivity index (χ3v) is 2.44. The number of halogens is 3. The fourth-order valence-corrected chi connectivity index (χ4v) is 1.50. The van der Waals surface area contributed by atoms with Gasteiger partial charge in [0.1, 0.15) is 0 Å². The van der Waals surface area contributed by atoms with Gasteiger partial charge in [-0.15, -0.1) is 6.42 Å². The van der Waals surface area contributed by atoms with Crippen molar-refractivity contribution in [2.45, 2.75) is 12.6 Å². The maximum Gasteiger partial charge on any atom is 0.416 e. The number of nitrogens with zero attached hydrogens (tertiary/aromatic N) is 1. The topological polar surface area (TPSA) is 40.5 Å². The largest absolute Gasteiger partial charge is 0.481 e. The minimum atomic E-state index is -4.39. The minimum Gasteiger partial charge on any atom is -0.481 e. The van der Waals surface area contributed by atoms with Gasteiger partial charge in [-0.05, 0) is 24.3 Å². The first-order valence-electron chi connectivity index (χ1n) is 5.42. The summed E-state index contributed by atoms with van der Waals surface area (Å²) in [6.45, 7) is 0.281. The Kier molecular flexibility index (Phi) is 4.81. The predicted molar refractivity (Wildman–Crippen MR) is 64.7 cm³/mol. The lowest BCUT2D eigenvalue weighted by atomic mass is 10.2. The summed E-state index contributed by atoms with van der Waals surface area (Å²) in [7, 11) is 0. The van der Waals surface area contributed by atoms with Crippen molar-refractivity contribution < 1.29 is 23.1 Å². The number of alkyl halides is 3. The van der Waals surface area contributed by atoms with Crippen molar-refractivity contribution in [2.24, 2.45) is 0 Å². The Morgan fingerprint density at radius 1 is 1.32 bits per heavy atom. The fraction of sp³-hybridized carbons (Fsp3) is 0.308. The van der Waals surface area contributed by atoms with E-state index in [1.807, 2.05) is 0 Å². The third kappa shape index (κ3) is 4.54. The third-order valence-electron chi connectivity index (χ3n) is 2.44. The maximum absolute atomic E-state index is 12.4. The van der Waals surface area contributed by atoms with E-state index in [1.54, 1.807) is 0 Å². The highest BCUT2D eigenvalue weighted by Gasteiger charge is 2.30. The lowest BCUT2D eigenvalue weighted by Crippen LogP contribution is -2.26. The quantitative estimate of drug-likeness (QED) is 0.837. The number of carboxylic acid groups (broad SMARTS) is 1. The second kappa shape index (κ2) is 6.14. The SMILES string of the molecule is C#CCN(CCC(=O)O)c1ccc(C(F)(F)F)cc1. The highest BCUT2D eigenvalue weighted by atomic mass is 19.4. The van der Waals surface area contributed by atoms with E-state index >= 15 is 0 Å². The second-order valence-corrected chi connectivity index (χ2v) is 3.81. The van der Waals surface area contributed by atoms with E-state index < -0.39 is 17.7 Å². The molecule has 1 aromatic rings. The van der Waals surface area contributed by atoms with E-state index in [-0.39, 0.29) is 19.5 Å². The number of terminal acetylenes is 1. The summed E-state index contributed by atoms with van der Waals surface area (Å²) in [6.07, 6.45) is 0.625. The van der Waals surface area contributed by atoms with Crippen molar-refractivity contribution in [3.05, 3.63) is 29.8 Å². The van der Waals surface area contributed by atoms with E-state index in [0.29, 0.717) is 5.69 Å². The number of carbonyl (C=O) groups is 1. The lowest BCUT2D eigenvalue weighted by Gasteiger charge is -2.22. The van der Waals surface area contributed by atoms with Crippen LogP contribution >= 0.6 is 0 Å². The molecule has 102 valence electrons. The molecule has 0 saturated heterocycles. The summed E-state index contributed by atoms with van der Waals surface area (Å²) in [6, 6.07) is 4.45. The van der Waals surface area contributed by atoms with Gasteiger partial charge in [0.15, 0.2) is 0 Å². The first kappa shape index (κ1) is 14.9. The molecule has 0 aliphatic heterocycles. The van der Waals surface area contributed by atoms with Gasteiger partial charge in [-0.25, -0.2) is 0 Å². The molecule has 0 fully saturated rings. The zero-order valence-electron chi connectivity index (χ0n) is 9.94. The number of rotatable bonds is 5. The Labute approximate surface area is 108 Å². The van der Waals surface area contributed by atoms with Crippen LogP contribution in [-0.2, 0) is 11.0 Å². The van der Waals surface area contributed by atoms with Crippen LogP contribution in [0, 0.1) is 12.3 Å². The van der Waals surface area contributed by atoms with Gasteiger partial charge < -0.3 is 10.0 Å². The molecule has 0 heterocycles. The van der Waals surface area contributed by atoms with E-state index in [9.17, 15) is 18.0 Å². The zero-order chi connectivity index (χ0) is 14.5.